The molecule has 1 heterocycles. The topological polar surface area (TPSA) is 185 Å². The van der Waals surface area contributed by atoms with Gasteiger partial charge >= 0.3 is 5.97 Å². The van der Waals surface area contributed by atoms with Crippen LogP contribution in [-0.4, -0.2) is 76.6 Å². The number of hydrogen-bond donors (Lipinski definition) is 6. The lowest BCUT2D eigenvalue weighted by atomic mass is 10.1. The fraction of sp³-hybridized carbons (Fsp3) is 0.667. The Morgan fingerprint density at radius 2 is 1.93 bits per heavy atom. The molecule has 0 spiro atoms. The quantitative estimate of drug-likeness (QED) is 0.212. The number of nitrogens with one attached hydrogen (secondary N) is 2. The minimum absolute atomic E-state index is 0.0488. The number of primary amides is 1. The number of nitrogens with zero attached hydrogens (tertiary/aromatic N) is 1. The van der Waals surface area contributed by atoms with Crippen LogP contribution in [0.15, 0.2) is 0 Å². The van der Waals surface area contributed by atoms with E-state index in [9.17, 15) is 24.0 Å². The van der Waals surface area contributed by atoms with Crippen molar-refractivity contribution in [1.82, 2.24) is 15.5 Å². The predicted molar refractivity (Wildman–Crippen MR) is 97.6 cm³/mol. The molecule has 3 unspecified atom stereocenters. The van der Waals surface area contributed by atoms with E-state index >= 15 is 0 Å². The Bertz CT molecular complexity index is 601. The zero-order valence-corrected chi connectivity index (χ0v) is 15.6. The van der Waals surface area contributed by atoms with Gasteiger partial charge in [-0.15, -0.1) is 0 Å². The number of amides is 4. The van der Waals surface area contributed by atoms with Gasteiger partial charge < -0.3 is 32.1 Å². The molecule has 0 aliphatic carbocycles. The number of thiol groups is 1. The van der Waals surface area contributed by atoms with Crippen LogP contribution in [0.5, 0.6) is 0 Å². The van der Waals surface area contributed by atoms with E-state index in [-0.39, 0.29) is 25.1 Å². The molecule has 1 aliphatic heterocycles. The summed E-state index contributed by atoms with van der Waals surface area (Å²) in [6.07, 6.45) is 0.980. The van der Waals surface area contributed by atoms with Gasteiger partial charge in [0, 0.05) is 18.7 Å². The van der Waals surface area contributed by atoms with Crippen LogP contribution < -0.4 is 22.1 Å². The first-order chi connectivity index (χ1) is 12.7. The van der Waals surface area contributed by atoms with Gasteiger partial charge in [0.05, 0.1) is 12.6 Å². The summed E-state index contributed by atoms with van der Waals surface area (Å²) in [5.41, 5.74) is 10.6. The fourth-order valence-corrected chi connectivity index (χ4v) is 2.86. The van der Waals surface area contributed by atoms with E-state index in [1.54, 1.807) is 0 Å². The number of carboxylic acids is 1. The maximum atomic E-state index is 12.3. The van der Waals surface area contributed by atoms with Gasteiger partial charge in [-0.2, -0.15) is 12.6 Å². The van der Waals surface area contributed by atoms with Crippen molar-refractivity contribution >= 4 is 42.2 Å². The highest BCUT2D eigenvalue weighted by Gasteiger charge is 2.35. The molecule has 3 atom stereocenters. The SMILES string of the molecule is NC(=O)CCC(N)C(=O)NCC(=O)N1CCCC1C(=O)NC(CS)C(=O)O. The molecule has 1 saturated heterocycles. The van der Waals surface area contributed by atoms with Crippen LogP contribution in [0, 0.1) is 0 Å². The Kier molecular flexibility index (Phi) is 9.02. The molecule has 0 aromatic heterocycles. The second kappa shape index (κ2) is 10.7. The zero-order valence-electron chi connectivity index (χ0n) is 14.7. The summed E-state index contributed by atoms with van der Waals surface area (Å²) in [6.45, 7) is -0.0407. The predicted octanol–water partition coefficient (Wildman–Crippen LogP) is -2.81. The second-order valence-electron chi connectivity index (χ2n) is 6.16. The molecular weight excluding hydrogens is 378 g/mol. The highest BCUT2D eigenvalue weighted by Crippen LogP contribution is 2.17. The number of nitrogens with two attached hydrogens (primary N) is 2. The van der Waals surface area contributed by atoms with Crippen LogP contribution in [0.3, 0.4) is 0 Å². The summed E-state index contributed by atoms with van der Waals surface area (Å²) >= 11 is 3.88. The molecule has 7 N–H and O–H groups in total. The Morgan fingerprint density at radius 1 is 1.26 bits per heavy atom. The molecule has 4 amide bonds. The standard InChI is InChI=1S/C15H25N5O6S/c16-8(3-4-11(17)21)13(23)18-6-12(22)20-5-1-2-10(20)14(24)19-9(7-27)15(25)26/h8-10,27H,1-7,16H2,(H2,17,21)(H,18,23)(H,19,24)(H,25,26). The van der Waals surface area contributed by atoms with Gasteiger partial charge in [-0.1, -0.05) is 0 Å². The van der Waals surface area contributed by atoms with Gasteiger partial charge in [0.1, 0.15) is 12.1 Å². The van der Waals surface area contributed by atoms with Crippen LogP contribution in [0.25, 0.3) is 0 Å². The summed E-state index contributed by atoms with van der Waals surface area (Å²) < 4.78 is 0. The van der Waals surface area contributed by atoms with E-state index in [1.807, 2.05) is 0 Å². The molecule has 0 radical (unpaired) electrons. The molecule has 0 saturated carbocycles. The number of rotatable bonds is 10. The largest absolute Gasteiger partial charge is 0.480 e. The van der Waals surface area contributed by atoms with E-state index < -0.39 is 47.7 Å². The number of carboxylic acid groups (broad SMARTS) is 1. The van der Waals surface area contributed by atoms with Crippen LogP contribution in [0.2, 0.25) is 0 Å². The highest BCUT2D eigenvalue weighted by molar-refractivity contribution is 7.80. The van der Waals surface area contributed by atoms with Crippen molar-refractivity contribution in [2.45, 2.75) is 43.8 Å². The summed E-state index contributed by atoms with van der Waals surface area (Å²) in [7, 11) is 0. The smallest absolute Gasteiger partial charge is 0.327 e. The van der Waals surface area contributed by atoms with Gasteiger partial charge in [-0.3, -0.25) is 19.2 Å². The van der Waals surface area contributed by atoms with Crippen molar-refractivity contribution in [3.63, 3.8) is 0 Å². The monoisotopic (exact) mass is 403 g/mol. The molecule has 11 nitrogen and oxygen atoms in total. The maximum Gasteiger partial charge on any atom is 0.327 e. The molecule has 27 heavy (non-hydrogen) atoms. The first kappa shape index (κ1) is 22.7. The minimum atomic E-state index is -1.22. The highest BCUT2D eigenvalue weighted by atomic mass is 32.1. The third-order valence-electron chi connectivity index (χ3n) is 4.13. The number of carbonyl (C=O) groups is 5. The average Bonchev–Trinajstić information content (AvgIpc) is 3.11. The molecular formula is C15H25N5O6S. The van der Waals surface area contributed by atoms with Crippen LogP contribution in [-0.2, 0) is 24.0 Å². The fourth-order valence-electron chi connectivity index (χ4n) is 2.62. The summed E-state index contributed by atoms with van der Waals surface area (Å²) in [5.74, 6) is -3.55. The molecule has 12 heteroatoms. The number of carbonyl (C=O) groups excluding carboxylic acids is 4. The van der Waals surface area contributed by atoms with Crippen molar-refractivity contribution in [2.75, 3.05) is 18.8 Å². The molecule has 152 valence electrons. The van der Waals surface area contributed by atoms with Crippen LogP contribution in [0.4, 0.5) is 0 Å². The van der Waals surface area contributed by atoms with Crippen molar-refractivity contribution in [1.29, 1.82) is 0 Å². The van der Waals surface area contributed by atoms with E-state index in [0.717, 1.165) is 0 Å². The summed E-state index contributed by atoms with van der Waals surface area (Å²) in [4.78, 5) is 59.4. The normalized spacial score (nSPS) is 18.4. The Balaban J connectivity index is 2.55. The first-order valence-electron chi connectivity index (χ1n) is 8.42. The second-order valence-corrected chi connectivity index (χ2v) is 6.52. The van der Waals surface area contributed by atoms with Crippen molar-refractivity contribution in [3.05, 3.63) is 0 Å². The van der Waals surface area contributed by atoms with E-state index in [1.165, 1.54) is 4.90 Å². The van der Waals surface area contributed by atoms with Crippen molar-refractivity contribution in [2.24, 2.45) is 11.5 Å². The molecule has 0 aromatic carbocycles. The van der Waals surface area contributed by atoms with E-state index in [0.29, 0.717) is 19.4 Å². The van der Waals surface area contributed by atoms with Crippen LogP contribution in [0.1, 0.15) is 25.7 Å². The van der Waals surface area contributed by atoms with E-state index in [4.69, 9.17) is 16.6 Å². The Labute approximate surface area is 161 Å². The average molecular weight is 403 g/mol. The van der Waals surface area contributed by atoms with Gasteiger partial charge in [0.25, 0.3) is 0 Å². The molecule has 0 aromatic rings. The lowest BCUT2D eigenvalue weighted by Crippen LogP contribution is -2.53. The van der Waals surface area contributed by atoms with Gasteiger partial charge in [0.15, 0.2) is 0 Å². The van der Waals surface area contributed by atoms with Gasteiger partial charge in [-0.25, -0.2) is 4.79 Å². The molecule has 0 bridgehead atoms. The third kappa shape index (κ3) is 7.06. The van der Waals surface area contributed by atoms with Gasteiger partial charge in [-0.05, 0) is 19.3 Å². The molecule has 1 aliphatic rings. The lowest BCUT2D eigenvalue weighted by molar-refractivity contribution is -0.143. The molecule has 1 fully saturated rings. The Hall–Kier alpha value is -2.34. The van der Waals surface area contributed by atoms with Gasteiger partial charge in [0.2, 0.25) is 23.6 Å². The first-order valence-corrected chi connectivity index (χ1v) is 9.05. The lowest BCUT2D eigenvalue weighted by Gasteiger charge is -2.25. The number of aliphatic carboxylic acids is 1. The summed E-state index contributed by atoms with van der Waals surface area (Å²) in [5, 5.41) is 13.7. The minimum Gasteiger partial charge on any atom is -0.480 e. The van der Waals surface area contributed by atoms with Crippen LogP contribution >= 0.6 is 12.6 Å². The number of likely N-dealkylation sites (tertiary alicyclic amines) is 1. The third-order valence-corrected chi connectivity index (χ3v) is 4.49. The molecule has 1 rings (SSSR count). The van der Waals surface area contributed by atoms with Crippen molar-refractivity contribution < 1.29 is 29.1 Å². The van der Waals surface area contributed by atoms with Crippen molar-refractivity contribution in [3.8, 4) is 0 Å². The number of hydrogen-bond acceptors (Lipinski definition) is 7. The van der Waals surface area contributed by atoms with E-state index in [2.05, 4.69) is 23.3 Å². The summed E-state index contributed by atoms with van der Waals surface area (Å²) in [6, 6.07) is -2.93. The maximum absolute atomic E-state index is 12.3. The zero-order chi connectivity index (χ0) is 20.6. The Morgan fingerprint density at radius 3 is 2.48 bits per heavy atom.